The summed E-state index contributed by atoms with van der Waals surface area (Å²) in [4.78, 5) is 24.2. The van der Waals surface area contributed by atoms with Gasteiger partial charge in [-0.1, -0.05) is 57.9 Å². The molecule has 3 rings (SSSR count). The highest BCUT2D eigenvalue weighted by Crippen LogP contribution is 2.19. The standard InChI is InChI=1S/C24H22BrN3O3/c1-16-7-12-21(17(2)13-16)27-23(29)24(30)28-26-14-19-5-3-4-6-22(19)31-15-18-8-10-20(25)11-9-18/h3-14H,15H2,1-2H3,(H,27,29)(H,28,30)/b26-14+. The molecule has 2 N–H and O–H groups in total. The summed E-state index contributed by atoms with van der Waals surface area (Å²) in [6.45, 7) is 4.22. The minimum absolute atomic E-state index is 0.392. The van der Waals surface area contributed by atoms with Crippen LogP contribution >= 0.6 is 15.9 Å². The van der Waals surface area contributed by atoms with Gasteiger partial charge in [-0.05, 0) is 55.3 Å². The lowest BCUT2D eigenvalue weighted by Gasteiger charge is -2.09. The van der Waals surface area contributed by atoms with Gasteiger partial charge in [0.25, 0.3) is 0 Å². The molecule has 3 aromatic rings. The number of benzene rings is 3. The molecule has 0 aliphatic heterocycles. The molecule has 7 heteroatoms. The molecular weight excluding hydrogens is 458 g/mol. The predicted octanol–water partition coefficient (Wildman–Crippen LogP) is 4.73. The average molecular weight is 480 g/mol. The maximum Gasteiger partial charge on any atom is 0.329 e. The minimum atomic E-state index is -0.857. The number of para-hydroxylation sites is 1. The van der Waals surface area contributed by atoms with Crippen LogP contribution in [0.3, 0.4) is 0 Å². The van der Waals surface area contributed by atoms with E-state index in [0.29, 0.717) is 23.6 Å². The van der Waals surface area contributed by atoms with Crippen LogP contribution in [0.1, 0.15) is 22.3 Å². The Labute approximate surface area is 189 Å². The number of hydrogen-bond acceptors (Lipinski definition) is 4. The Balaban J connectivity index is 1.58. The van der Waals surface area contributed by atoms with Crippen molar-refractivity contribution in [3.05, 3.63) is 93.5 Å². The third-order valence-electron chi connectivity index (χ3n) is 4.43. The van der Waals surface area contributed by atoms with Crippen LogP contribution < -0.4 is 15.5 Å². The Morgan fingerprint density at radius 2 is 1.74 bits per heavy atom. The Kier molecular flexibility index (Phi) is 7.56. The van der Waals surface area contributed by atoms with Crippen molar-refractivity contribution < 1.29 is 14.3 Å². The van der Waals surface area contributed by atoms with Gasteiger partial charge in [-0.25, -0.2) is 5.43 Å². The zero-order valence-corrected chi connectivity index (χ0v) is 18.8. The van der Waals surface area contributed by atoms with Crippen LogP contribution in [-0.4, -0.2) is 18.0 Å². The van der Waals surface area contributed by atoms with Gasteiger partial charge in [0, 0.05) is 15.7 Å². The van der Waals surface area contributed by atoms with Crippen molar-refractivity contribution in [3.63, 3.8) is 0 Å². The second kappa shape index (κ2) is 10.5. The number of rotatable bonds is 6. The smallest absolute Gasteiger partial charge is 0.329 e. The van der Waals surface area contributed by atoms with Gasteiger partial charge >= 0.3 is 11.8 Å². The van der Waals surface area contributed by atoms with Crippen molar-refractivity contribution in [2.24, 2.45) is 5.10 Å². The van der Waals surface area contributed by atoms with Gasteiger partial charge in [-0.2, -0.15) is 5.10 Å². The molecule has 0 aliphatic rings. The van der Waals surface area contributed by atoms with Gasteiger partial charge < -0.3 is 10.1 Å². The molecule has 0 bridgehead atoms. The Hall–Kier alpha value is -3.45. The summed E-state index contributed by atoms with van der Waals surface area (Å²) in [6, 6.07) is 20.7. The third kappa shape index (κ3) is 6.52. The van der Waals surface area contributed by atoms with Crippen molar-refractivity contribution >= 4 is 39.6 Å². The summed E-state index contributed by atoms with van der Waals surface area (Å²) in [7, 11) is 0. The van der Waals surface area contributed by atoms with E-state index in [2.05, 4.69) is 31.8 Å². The lowest BCUT2D eigenvalue weighted by atomic mass is 10.1. The van der Waals surface area contributed by atoms with Gasteiger partial charge in [0.15, 0.2) is 0 Å². The van der Waals surface area contributed by atoms with Crippen molar-refractivity contribution in [2.75, 3.05) is 5.32 Å². The Morgan fingerprint density at radius 1 is 1.00 bits per heavy atom. The number of amides is 2. The predicted molar refractivity (Wildman–Crippen MR) is 125 cm³/mol. The van der Waals surface area contributed by atoms with E-state index in [1.54, 1.807) is 6.07 Å². The van der Waals surface area contributed by atoms with E-state index in [9.17, 15) is 9.59 Å². The van der Waals surface area contributed by atoms with Crippen molar-refractivity contribution in [1.29, 1.82) is 0 Å². The highest BCUT2D eigenvalue weighted by molar-refractivity contribution is 9.10. The van der Waals surface area contributed by atoms with Crippen molar-refractivity contribution in [3.8, 4) is 5.75 Å². The maximum absolute atomic E-state index is 12.1. The molecule has 158 valence electrons. The second-order valence-corrected chi connectivity index (χ2v) is 7.84. The molecule has 0 heterocycles. The van der Waals surface area contributed by atoms with Gasteiger partial charge in [-0.3, -0.25) is 9.59 Å². The molecule has 0 saturated carbocycles. The number of halogens is 1. The molecule has 2 amide bonds. The van der Waals surface area contributed by atoms with E-state index in [-0.39, 0.29) is 0 Å². The topological polar surface area (TPSA) is 79.8 Å². The number of nitrogens with zero attached hydrogens (tertiary/aromatic N) is 1. The molecular formula is C24H22BrN3O3. The van der Waals surface area contributed by atoms with Crippen LogP contribution in [0.4, 0.5) is 5.69 Å². The number of ether oxygens (including phenoxy) is 1. The van der Waals surface area contributed by atoms with Crippen LogP contribution in [-0.2, 0) is 16.2 Å². The molecule has 0 aliphatic carbocycles. The summed E-state index contributed by atoms with van der Waals surface area (Å²) in [5, 5.41) is 6.48. The van der Waals surface area contributed by atoms with E-state index >= 15 is 0 Å². The fourth-order valence-corrected chi connectivity index (χ4v) is 3.07. The minimum Gasteiger partial charge on any atom is -0.488 e. The number of carbonyl (C=O) groups excluding carboxylic acids is 2. The lowest BCUT2D eigenvalue weighted by molar-refractivity contribution is -0.136. The Morgan fingerprint density at radius 3 is 2.48 bits per heavy atom. The number of hydrogen-bond donors (Lipinski definition) is 2. The molecule has 0 spiro atoms. The van der Waals surface area contributed by atoms with Crippen LogP contribution in [0.2, 0.25) is 0 Å². The summed E-state index contributed by atoms with van der Waals surface area (Å²) in [5.74, 6) is -1.03. The fourth-order valence-electron chi connectivity index (χ4n) is 2.80. The largest absolute Gasteiger partial charge is 0.488 e. The van der Waals surface area contributed by atoms with Crippen molar-refractivity contribution in [1.82, 2.24) is 5.43 Å². The first-order valence-electron chi connectivity index (χ1n) is 9.60. The molecule has 0 unspecified atom stereocenters. The summed E-state index contributed by atoms with van der Waals surface area (Å²) < 4.78 is 6.87. The highest BCUT2D eigenvalue weighted by atomic mass is 79.9. The monoisotopic (exact) mass is 479 g/mol. The van der Waals surface area contributed by atoms with Crippen molar-refractivity contribution in [2.45, 2.75) is 20.5 Å². The molecule has 0 fully saturated rings. The fraction of sp³-hybridized carbons (Fsp3) is 0.125. The van der Waals surface area contributed by atoms with Crippen LogP contribution in [0.15, 0.2) is 76.3 Å². The number of aryl methyl sites for hydroxylation is 2. The highest BCUT2D eigenvalue weighted by Gasteiger charge is 2.14. The molecule has 3 aromatic carbocycles. The van der Waals surface area contributed by atoms with Crippen LogP contribution in [0, 0.1) is 13.8 Å². The molecule has 31 heavy (non-hydrogen) atoms. The number of anilines is 1. The number of nitrogens with one attached hydrogen (secondary N) is 2. The summed E-state index contributed by atoms with van der Waals surface area (Å²) >= 11 is 3.41. The average Bonchev–Trinajstić information content (AvgIpc) is 2.76. The van der Waals surface area contributed by atoms with E-state index in [4.69, 9.17) is 4.74 Å². The molecule has 0 aromatic heterocycles. The molecule has 0 radical (unpaired) electrons. The zero-order valence-electron chi connectivity index (χ0n) is 17.2. The van der Waals surface area contributed by atoms with Gasteiger partial charge in [0.1, 0.15) is 12.4 Å². The molecule has 0 atom stereocenters. The van der Waals surface area contributed by atoms with E-state index in [1.165, 1.54) is 6.21 Å². The molecule has 0 saturated heterocycles. The summed E-state index contributed by atoms with van der Waals surface area (Å²) in [6.07, 6.45) is 1.44. The first kappa shape index (κ1) is 22.2. The third-order valence-corrected chi connectivity index (χ3v) is 4.96. The first-order valence-corrected chi connectivity index (χ1v) is 10.4. The van der Waals surface area contributed by atoms with Crippen LogP contribution in [0.25, 0.3) is 0 Å². The number of hydrazone groups is 1. The van der Waals surface area contributed by atoms with Gasteiger partial charge in [0.2, 0.25) is 0 Å². The molecule has 6 nitrogen and oxygen atoms in total. The second-order valence-electron chi connectivity index (χ2n) is 6.92. The lowest BCUT2D eigenvalue weighted by Crippen LogP contribution is -2.32. The van der Waals surface area contributed by atoms with E-state index in [1.807, 2.05) is 74.5 Å². The van der Waals surface area contributed by atoms with E-state index < -0.39 is 11.8 Å². The maximum atomic E-state index is 12.1. The van der Waals surface area contributed by atoms with Crippen LogP contribution in [0.5, 0.6) is 5.75 Å². The number of carbonyl (C=O) groups is 2. The Bertz CT molecular complexity index is 1110. The quantitative estimate of drug-likeness (QED) is 0.304. The van der Waals surface area contributed by atoms with Gasteiger partial charge in [-0.15, -0.1) is 0 Å². The SMILES string of the molecule is Cc1ccc(NC(=O)C(=O)N/N=C/c2ccccc2OCc2ccc(Br)cc2)c(C)c1. The zero-order chi connectivity index (χ0) is 22.2. The summed E-state index contributed by atoms with van der Waals surface area (Å²) in [5.41, 5.74) is 6.48. The normalized spacial score (nSPS) is 10.7. The first-order chi connectivity index (χ1) is 14.9. The van der Waals surface area contributed by atoms with Gasteiger partial charge in [0.05, 0.1) is 6.21 Å². The van der Waals surface area contributed by atoms with E-state index in [0.717, 1.165) is 21.2 Å².